The van der Waals surface area contributed by atoms with Gasteiger partial charge in [-0.1, -0.05) is 25.4 Å². The van der Waals surface area contributed by atoms with Crippen molar-refractivity contribution >= 4 is 29.0 Å². The largest absolute Gasteiger partial charge is 0.317 e. The van der Waals surface area contributed by atoms with Crippen LogP contribution in [0.3, 0.4) is 0 Å². The number of rotatable bonds is 5. The number of ketones is 1. The zero-order valence-corrected chi connectivity index (χ0v) is 11.8. The Hall–Kier alpha value is -1.39. The first-order chi connectivity index (χ1) is 9.04. The normalized spacial score (nSPS) is 15.8. The average Bonchev–Trinajstić information content (AvgIpc) is 2.61. The molecule has 2 rings (SSSR count). The summed E-state index contributed by atoms with van der Waals surface area (Å²) in [6.45, 7) is 6.33. The maximum absolute atomic E-state index is 12.0. The second kappa shape index (κ2) is 5.72. The third kappa shape index (κ3) is 2.80. The van der Waals surface area contributed by atoms with Crippen molar-refractivity contribution in [2.24, 2.45) is 5.92 Å². The van der Waals surface area contributed by atoms with Gasteiger partial charge < -0.3 is 10.2 Å². The fraction of sp³-hybridized carbons (Fsp3) is 0.429. The molecule has 0 saturated carbocycles. The standard InChI is InChI=1S/C14H17ClN2O2/c1-3-16-7-9(2)8-17-12-5-4-10(15)6-11(12)13(18)14(17)19/h4-6,9,16H,3,7-8H2,1-2H3. The van der Waals surface area contributed by atoms with Gasteiger partial charge in [-0.15, -0.1) is 0 Å². The summed E-state index contributed by atoms with van der Waals surface area (Å²) in [4.78, 5) is 25.4. The van der Waals surface area contributed by atoms with Crippen LogP contribution in [0.25, 0.3) is 0 Å². The average molecular weight is 281 g/mol. The zero-order chi connectivity index (χ0) is 14.0. The van der Waals surface area contributed by atoms with Gasteiger partial charge in [-0.2, -0.15) is 0 Å². The summed E-state index contributed by atoms with van der Waals surface area (Å²) in [6.07, 6.45) is 0. The first kappa shape index (κ1) is 14.0. The van der Waals surface area contributed by atoms with E-state index in [4.69, 9.17) is 11.6 Å². The van der Waals surface area contributed by atoms with Crippen molar-refractivity contribution in [1.82, 2.24) is 5.32 Å². The van der Waals surface area contributed by atoms with Crippen LogP contribution in [0.2, 0.25) is 5.02 Å². The Labute approximate surface area is 117 Å². The van der Waals surface area contributed by atoms with Gasteiger partial charge in [-0.05, 0) is 37.2 Å². The van der Waals surface area contributed by atoms with Crippen molar-refractivity contribution in [2.75, 3.05) is 24.5 Å². The lowest BCUT2D eigenvalue weighted by molar-refractivity contribution is -0.114. The van der Waals surface area contributed by atoms with Crippen LogP contribution in [0.1, 0.15) is 24.2 Å². The van der Waals surface area contributed by atoms with E-state index < -0.39 is 11.7 Å². The molecule has 4 nitrogen and oxygen atoms in total. The van der Waals surface area contributed by atoms with Crippen molar-refractivity contribution < 1.29 is 9.59 Å². The third-order valence-electron chi connectivity index (χ3n) is 3.17. The van der Waals surface area contributed by atoms with E-state index in [1.54, 1.807) is 23.1 Å². The molecule has 1 aromatic carbocycles. The Morgan fingerprint density at radius 2 is 2.11 bits per heavy atom. The van der Waals surface area contributed by atoms with Gasteiger partial charge in [-0.25, -0.2) is 0 Å². The lowest BCUT2D eigenvalue weighted by atomic mass is 10.1. The Bertz CT molecular complexity index is 516. The molecule has 1 unspecified atom stereocenters. The molecule has 0 spiro atoms. The first-order valence-corrected chi connectivity index (χ1v) is 6.78. The summed E-state index contributed by atoms with van der Waals surface area (Å²) in [5.41, 5.74) is 1.08. The van der Waals surface area contributed by atoms with Gasteiger partial charge in [0.25, 0.3) is 11.7 Å². The number of hydrogen-bond donors (Lipinski definition) is 1. The van der Waals surface area contributed by atoms with Crippen LogP contribution in [0, 0.1) is 5.92 Å². The van der Waals surface area contributed by atoms with Gasteiger partial charge in [0.05, 0.1) is 11.3 Å². The Balaban J connectivity index is 2.19. The van der Waals surface area contributed by atoms with Crippen LogP contribution in [0.15, 0.2) is 18.2 Å². The molecule has 1 heterocycles. The number of benzene rings is 1. The maximum Gasteiger partial charge on any atom is 0.299 e. The van der Waals surface area contributed by atoms with Crippen molar-refractivity contribution in [3.05, 3.63) is 28.8 Å². The number of Topliss-reactive ketones (excluding diaryl/α,β-unsaturated/α-hetero) is 1. The molecule has 0 fully saturated rings. The van der Waals surface area contributed by atoms with Crippen LogP contribution in [-0.2, 0) is 4.79 Å². The molecule has 0 aliphatic carbocycles. The Morgan fingerprint density at radius 1 is 1.37 bits per heavy atom. The molecule has 0 radical (unpaired) electrons. The second-order valence-electron chi connectivity index (χ2n) is 4.82. The highest BCUT2D eigenvalue weighted by Gasteiger charge is 2.36. The number of hydrogen-bond acceptors (Lipinski definition) is 3. The summed E-state index contributed by atoms with van der Waals surface area (Å²) < 4.78 is 0. The van der Waals surface area contributed by atoms with E-state index in [-0.39, 0.29) is 5.92 Å². The van der Waals surface area contributed by atoms with E-state index in [2.05, 4.69) is 5.32 Å². The highest BCUT2D eigenvalue weighted by molar-refractivity contribution is 6.52. The minimum Gasteiger partial charge on any atom is -0.317 e. The molecule has 1 N–H and O–H groups in total. The molecule has 5 heteroatoms. The fourth-order valence-electron chi connectivity index (χ4n) is 2.22. The van der Waals surface area contributed by atoms with Crippen molar-refractivity contribution in [3.63, 3.8) is 0 Å². The molecular formula is C14H17ClN2O2. The van der Waals surface area contributed by atoms with E-state index in [0.717, 1.165) is 13.1 Å². The fourth-order valence-corrected chi connectivity index (χ4v) is 2.39. The first-order valence-electron chi connectivity index (χ1n) is 6.41. The summed E-state index contributed by atoms with van der Waals surface area (Å²) in [7, 11) is 0. The molecule has 19 heavy (non-hydrogen) atoms. The van der Waals surface area contributed by atoms with E-state index >= 15 is 0 Å². The number of carbonyl (C=O) groups excluding carboxylic acids is 2. The summed E-state index contributed by atoms with van der Waals surface area (Å²) in [6, 6.07) is 5.00. The summed E-state index contributed by atoms with van der Waals surface area (Å²) in [5, 5.41) is 3.71. The van der Waals surface area contributed by atoms with Crippen LogP contribution in [0.5, 0.6) is 0 Å². The van der Waals surface area contributed by atoms with Crippen LogP contribution in [-0.4, -0.2) is 31.3 Å². The molecule has 0 bridgehead atoms. The molecule has 102 valence electrons. The minimum absolute atomic E-state index is 0.276. The van der Waals surface area contributed by atoms with Crippen molar-refractivity contribution in [1.29, 1.82) is 0 Å². The molecule has 1 aliphatic rings. The van der Waals surface area contributed by atoms with E-state index in [9.17, 15) is 9.59 Å². The number of nitrogens with one attached hydrogen (secondary N) is 1. The molecule has 1 amide bonds. The molecule has 1 aromatic rings. The minimum atomic E-state index is -0.465. The SMILES string of the molecule is CCNCC(C)CN1C(=O)C(=O)c2cc(Cl)ccc21. The van der Waals surface area contributed by atoms with E-state index in [0.29, 0.717) is 22.8 Å². The second-order valence-corrected chi connectivity index (χ2v) is 5.26. The Kier molecular flexibility index (Phi) is 4.22. The number of carbonyl (C=O) groups is 2. The van der Waals surface area contributed by atoms with Gasteiger partial charge in [0.2, 0.25) is 0 Å². The highest BCUT2D eigenvalue weighted by Crippen LogP contribution is 2.31. The van der Waals surface area contributed by atoms with Gasteiger partial charge in [-0.3, -0.25) is 9.59 Å². The molecule has 0 saturated heterocycles. The van der Waals surface area contributed by atoms with Crippen LogP contribution < -0.4 is 10.2 Å². The van der Waals surface area contributed by atoms with E-state index in [1.165, 1.54) is 0 Å². The number of halogens is 1. The van der Waals surface area contributed by atoms with Gasteiger partial charge in [0.15, 0.2) is 0 Å². The van der Waals surface area contributed by atoms with Crippen molar-refractivity contribution in [2.45, 2.75) is 13.8 Å². The smallest absolute Gasteiger partial charge is 0.299 e. The highest BCUT2D eigenvalue weighted by atomic mass is 35.5. The number of fused-ring (bicyclic) bond motifs is 1. The monoisotopic (exact) mass is 280 g/mol. The number of anilines is 1. The topological polar surface area (TPSA) is 49.4 Å². The number of nitrogens with zero attached hydrogens (tertiary/aromatic N) is 1. The van der Waals surface area contributed by atoms with Gasteiger partial charge in [0.1, 0.15) is 0 Å². The van der Waals surface area contributed by atoms with Gasteiger partial charge >= 0.3 is 0 Å². The van der Waals surface area contributed by atoms with Crippen LogP contribution >= 0.6 is 11.6 Å². The lowest BCUT2D eigenvalue weighted by Crippen LogP contribution is -2.36. The van der Waals surface area contributed by atoms with E-state index in [1.807, 2.05) is 13.8 Å². The molecular weight excluding hydrogens is 264 g/mol. The predicted octanol–water partition coefficient (Wildman–Crippen LogP) is 2.11. The summed E-state index contributed by atoms with van der Waals surface area (Å²) in [5.74, 6) is -0.646. The summed E-state index contributed by atoms with van der Waals surface area (Å²) >= 11 is 5.87. The maximum atomic E-state index is 12.0. The van der Waals surface area contributed by atoms with Gasteiger partial charge in [0, 0.05) is 11.6 Å². The molecule has 1 aliphatic heterocycles. The third-order valence-corrected chi connectivity index (χ3v) is 3.41. The van der Waals surface area contributed by atoms with Crippen LogP contribution in [0.4, 0.5) is 5.69 Å². The zero-order valence-electron chi connectivity index (χ0n) is 11.1. The predicted molar refractivity (Wildman–Crippen MR) is 75.8 cm³/mol. The Morgan fingerprint density at radius 3 is 2.79 bits per heavy atom. The molecule has 1 atom stereocenters. The van der Waals surface area contributed by atoms with Crippen molar-refractivity contribution in [3.8, 4) is 0 Å². The number of amides is 1. The molecule has 0 aromatic heterocycles. The quantitative estimate of drug-likeness (QED) is 0.841. The lowest BCUT2D eigenvalue weighted by Gasteiger charge is -2.21.